The molecule has 0 aromatic carbocycles. The molecule has 1 fully saturated rings. The summed E-state index contributed by atoms with van der Waals surface area (Å²) in [6.07, 6.45) is 33.3. The lowest BCUT2D eigenvalue weighted by atomic mass is 9.85. The van der Waals surface area contributed by atoms with Gasteiger partial charge in [0.25, 0.3) is 0 Å². The highest BCUT2D eigenvalue weighted by Crippen LogP contribution is 2.47. The Bertz CT molecular complexity index is 1260. The number of ether oxygens (including phenoxy) is 2. The number of carbonyl (C=O) groups is 2. The van der Waals surface area contributed by atoms with Crippen LogP contribution in [0.1, 0.15) is 213 Å². The molecule has 0 heterocycles. The average Bonchev–Trinajstić information content (AvgIpc) is 3.28. The summed E-state index contributed by atoms with van der Waals surface area (Å²) in [6, 6.07) is 0. The Morgan fingerprint density at radius 3 is 1.30 bits per heavy atom. The number of phosphoric ester groups is 1. The van der Waals surface area contributed by atoms with Crippen LogP contribution in [0.2, 0.25) is 0 Å². The van der Waals surface area contributed by atoms with Crippen LogP contribution in [0, 0.1) is 0 Å². The number of aliphatic hydroxyl groups excluding tert-OH is 5. The highest BCUT2D eigenvalue weighted by atomic mass is 31.2. The van der Waals surface area contributed by atoms with E-state index in [9.17, 15) is 44.6 Å². The number of aliphatic hydroxyl groups is 5. The second-order valence-corrected chi connectivity index (χ2v) is 19.1. The first kappa shape index (κ1) is 60.1. The number of carbonyl (C=O) groups excluding carboxylic acids is 2. The van der Waals surface area contributed by atoms with Gasteiger partial charge in [0.2, 0.25) is 0 Å². The third kappa shape index (κ3) is 31.9. The first-order valence-electron chi connectivity index (χ1n) is 25.3. The van der Waals surface area contributed by atoms with Gasteiger partial charge in [-0.1, -0.05) is 166 Å². The molecule has 0 aromatic rings. The van der Waals surface area contributed by atoms with Crippen LogP contribution in [-0.2, 0) is 32.7 Å². The molecular weight excluding hydrogens is 840 g/mol. The van der Waals surface area contributed by atoms with Crippen LogP contribution >= 0.6 is 7.82 Å². The summed E-state index contributed by atoms with van der Waals surface area (Å²) in [5.41, 5.74) is 0. The maximum absolute atomic E-state index is 12.8. The number of phosphoric acid groups is 1. The molecule has 1 saturated carbocycles. The van der Waals surface area contributed by atoms with Gasteiger partial charge in [-0.25, -0.2) is 4.57 Å². The molecule has 0 aliphatic heterocycles. The van der Waals surface area contributed by atoms with Gasteiger partial charge in [0.15, 0.2) is 6.10 Å². The molecule has 374 valence electrons. The molecule has 1 aliphatic rings. The van der Waals surface area contributed by atoms with Crippen molar-refractivity contribution in [3.05, 3.63) is 36.5 Å². The van der Waals surface area contributed by atoms with E-state index in [1.165, 1.54) is 103 Å². The molecule has 0 spiro atoms. The molecule has 6 N–H and O–H groups in total. The molecule has 1 aliphatic carbocycles. The fourth-order valence-corrected chi connectivity index (χ4v) is 8.58. The molecule has 0 aromatic heterocycles. The van der Waals surface area contributed by atoms with E-state index in [1.54, 1.807) is 0 Å². The van der Waals surface area contributed by atoms with Crippen molar-refractivity contribution in [2.45, 2.75) is 256 Å². The molecule has 6 atom stereocenters. The molecule has 1 rings (SSSR count). The summed E-state index contributed by atoms with van der Waals surface area (Å²) in [5, 5.41) is 50.2. The van der Waals surface area contributed by atoms with Gasteiger partial charge in [-0.05, 0) is 70.6 Å². The van der Waals surface area contributed by atoms with E-state index in [1.807, 2.05) is 0 Å². The van der Waals surface area contributed by atoms with Gasteiger partial charge in [0.1, 0.15) is 43.2 Å². The molecule has 0 saturated heterocycles. The van der Waals surface area contributed by atoms with E-state index >= 15 is 0 Å². The molecule has 6 unspecified atom stereocenters. The second-order valence-electron chi connectivity index (χ2n) is 17.7. The van der Waals surface area contributed by atoms with E-state index in [-0.39, 0.29) is 12.8 Å². The molecule has 64 heavy (non-hydrogen) atoms. The lowest BCUT2D eigenvalue weighted by molar-refractivity contribution is -0.220. The first-order valence-corrected chi connectivity index (χ1v) is 26.8. The highest BCUT2D eigenvalue weighted by Gasteiger charge is 2.51. The van der Waals surface area contributed by atoms with Crippen LogP contribution in [0.3, 0.4) is 0 Å². The SMILES string of the molecule is CCCCCC/C=C\C/C=C\CCCCCCCC(=O)OC(COC(=O)CCCCCCCCCCC/C=C\CCCCCCCC)COP(=O)(O)OC1C(O)C(O)C(O)C(O)C1O. The van der Waals surface area contributed by atoms with Crippen molar-refractivity contribution in [3.8, 4) is 0 Å². The third-order valence-corrected chi connectivity index (χ3v) is 12.7. The minimum absolute atomic E-state index is 0.0810. The molecule has 0 bridgehead atoms. The maximum Gasteiger partial charge on any atom is 0.472 e. The minimum atomic E-state index is -5.12. The molecular formula is C50H91O13P. The zero-order chi connectivity index (χ0) is 47.1. The molecule has 0 amide bonds. The normalized spacial score (nSPS) is 21.8. The quantitative estimate of drug-likeness (QED) is 0.0146. The maximum atomic E-state index is 12.8. The number of unbranched alkanes of at least 4 members (excludes halogenated alkanes) is 24. The van der Waals surface area contributed by atoms with Crippen molar-refractivity contribution in [1.29, 1.82) is 0 Å². The largest absolute Gasteiger partial charge is 0.472 e. The standard InChI is InChI=1S/C50H91O13P/c1-3-5-7-9-11-13-15-17-19-21-22-23-25-26-28-30-32-34-36-38-43(51)60-40-42(41-61-64(58,59)63-50-48(56)46(54)45(53)47(55)49(50)57)62-44(52)39-37-35-33-31-29-27-24-20-18-16-14-12-10-8-6-4-2/h14,16-17,19-20,24,42,45-50,53-57H,3-13,15,18,21-23,25-41H2,1-2H3,(H,58,59)/b16-14-,19-17-,24-20-. The van der Waals surface area contributed by atoms with Gasteiger partial charge in [0, 0.05) is 12.8 Å². The number of allylic oxidation sites excluding steroid dienone is 6. The van der Waals surface area contributed by atoms with Gasteiger partial charge in [-0.15, -0.1) is 0 Å². The Hall–Kier alpha value is -1.93. The van der Waals surface area contributed by atoms with Crippen molar-refractivity contribution in [3.63, 3.8) is 0 Å². The number of hydrogen-bond acceptors (Lipinski definition) is 12. The Kier molecular flexibility index (Phi) is 37.7. The van der Waals surface area contributed by atoms with Gasteiger partial charge in [0.05, 0.1) is 6.61 Å². The van der Waals surface area contributed by atoms with Crippen molar-refractivity contribution in [2.75, 3.05) is 13.2 Å². The van der Waals surface area contributed by atoms with E-state index in [0.29, 0.717) is 12.8 Å². The first-order chi connectivity index (χ1) is 30.9. The summed E-state index contributed by atoms with van der Waals surface area (Å²) in [4.78, 5) is 35.8. The highest BCUT2D eigenvalue weighted by molar-refractivity contribution is 7.47. The summed E-state index contributed by atoms with van der Waals surface area (Å²) in [5.74, 6) is -1.11. The number of rotatable bonds is 42. The fraction of sp³-hybridized carbons (Fsp3) is 0.840. The van der Waals surface area contributed by atoms with E-state index in [0.717, 1.165) is 70.6 Å². The van der Waals surface area contributed by atoms with Crippen molar-refractivity contribution in [1.82, 2.24) is 0 Å². The van der Waals surface area contributed by atoms with Crippen LogP contribution < -0.4 is 0 Å². The summed E-state index contributed by atoms with van der Waals surface area (Å²) >= 11 is 0. The van der Waals surface area contributed by atoms with Crippen molar-refractivity contribution in [2.24, 2.45) is 0 Å². The van der Waals surface area contributed by atoms with E-state index in [4.69, 9.17) is 18.5 Å². The predicted octanol–water partition coefficient (Wildman–Crippen LogP) is 10.6. The lowest BCUT2D eigenvalue weighted by Crippen LogP contribution is -2.64. The van der Waals surface area contributed by atoms with Gasteiger partial charge in [-0.2, -0.15) is 0 Å². The number of esters is 2. The van der Waals surface area contributed by atoms with Crippen LogP contribution in [0.15, 0.2) is 36.5 Å². The Balaban J connectivity index is 2.41. The van der Waals surface area contributed by atoms with Gasteiger partial charge < -0.3 is 39.9 Å². The average molecular weight is 931 g/mol. The minimum Gasteiger partial charge on any atom is -0.462 e. The lowest BCUT2D eigenvalue weighted by Gasteiger charge is -2.41. The third-order valence-electron chi connectivity index (χ3n) is 11.7. The summed E-state index contributed by atoms with van der Waals surface area (Å²) in [6.45, 7) is 3.28. The van der Waals surface area contributed by atoms with E-state index in [2.05, 4.69) is 50.3 Å². The topological polar surface area (TPSA) is 210 Å². The predicted molar refractivity (Wildman–Crippen MR) is 253 cm³/mol. The second kappa shape index (κ2) is 40.2. The van der Waals surface area contributed by atoms with Crippen LogP contribution in [0.25, 0.3) is 0 Å². The summed E-state index contributed by atoms with van der Waals surface area (Å²) < 4.78 is 33.6. The molecule has 13 nitrogen and oxygen atoms in total. The number of hydrogen-bond donors (Lipinski definition) is 6. The van der Waals surface area contributed by atoms with E-state index < -0.39 is 75.7 Å². The van der Waals surface area contributed by atoms with Crippen LogP contribution in [0.4, 0.5) is 0 Å². The zero-order valence-corrected chi connectivity index (χ0v) is 40.7. The Morgan fingerprint density at radius 2 is 0.844 bits per heavy atom. The summed E-state index contributed by atoms with van der Waals surface area (Å²) in [7, 11) is -5.12. The molecule has 0 radical (unpaired) electrons. The van der Waals surface area contributed by atoms with Crippen molar-refractivity contribution >= 4 is 19.8 Å². The smallest absolute Gasteiger partial charge is 0.462 e. The van der Waals surface area contributed by atoms with Gasteiger partial charge >= 0.3 is 19.8 Å². The Labute approximate surface area is 387 Å². The monoisotopic (exact) mass is 931 g/mol. The zero-order valence-electron chi connectivity index (χ0n) is 39.8. The Morgan fingerprint density at radius 1 is 0.484 bits per heavy atom. The van der Waals surface area contributed by atoms with Gasteiger partial charge in [-0.3, -0.25) is 18.6 Å². The van der Waals surface area contributed by atoms with Crippen molar-refractivity contribution < 1.29 is 63.1 Å². The molecule has 14 heteroatoms. The van der Waals surface area contributed by atoms with Crippen LogP contribution in [0.5, 0.6) is 0 Å². The fourth-order valence-electron chi connectivity index (χ4n) is 7.61. The van der Waals surface area contributed by atoms with Crippen LogP contribution in [-0.4, -0.2) is 98.3 Å².